The Hall–Kier alpha value is -0.0449. The van der Waals surface area contributed by atoms with Gasteiger partial charge < -0.3 is 5.11 Å². The Morgan fingerprint density at radius 2 is 1.83 bits per heavy atom. The summed E-state index contributed by atoms with van der Waals surface area (Å²) in [6.07, 6.45) is 0. The average molecular weight is 351 g/mol. The van der Waals surface area contributed by atoms with Crippen LogP contribution < -0.4 is 0 Å². The molecule has 0 unspecified atom stereocenters. The van der Waals surface area contributed by atoms with E-state index in [0.717, 1.165) is 11.1 Å². The van der Waals surface area contributed by atoms with Gasteiger partial charge in [0.1, 0.15) is 5.75 Å². The van der Waals surface area contributed by atoms with Crippen LogP contribution in [0, 0.1) is 6.92 Å². The fourth-order valence-electron chi connectivity index (χ4n) is 1.14. The summed E-state index contributed by atoms with van der Waals surface area (Å²) in [6.45, 7) is 6.12. The van der Waals surface area contributed by atoms with Crippen LogP contribution >= 0.6 is 0 Å². The molecule has 0 heterocycles. The van der Waals surface area contributed by atoms with E-state index in [0.29, 0.717) is 11.7 Å². The summed E-state index contributed by atoms with van der Waals surface area (Å²) in [4.78, 5) is 0. The molecule has 0 aliphatic rings. The molecule has 1 nitrogen and oxygen atoms in total. The van der Waals surface area contributed by atoms with Gasteiger partial charge in [0.25, 0.3) is 0 Å². The monoisotopic (exact) mass is 352 g/mol. The predicted molar refractivity (Wildman–Crippen MR) is 46.9 cm³/mol. The molecular formula is C10H14HgO. The average Bonchev–Trinajstić information content (AvgIpc) is 1.85. The van der Waals surface area contributed by atoms with Crippen LogP contribution in [0.5, 0.6) is 5.75 Å². The third-order valence-corrected chi connectivity index (χ3v) is 1.81. The Morgan fingerprint density at radius 3 is 2.25 bits per heavy atom. The van der Waals surface area contributed by atoms with Gasteiger partial charge in [-0.15, -0.1) is 0 Å². The van der Waals surface area contributed by atoms with Crippen molar-refractivity contribution in [1.29, 1.82) is 0 Å². The summed E-state index contributed by atoms with van der Waals surface area (Å²) in [7, 11) is 0. The number of aromatic hydroxyl groups is 1. The van der Waals surface area contributed by atoms with E-state index in [1.54, 1.807) is 6.07 Å². The maximum Gasteiger partial charge on any atom is 0.119 e. The Morgan fingerprint density at radius 1 is 1.25 bits per heavy atom. The van der Waals surface area contributed by atoms with Gasteiger partial charge in [0.05, 0.1) is 0 Å². The van der Waals surface area contributed by atoms with Crippen LogP contribution in [-0.4, -0.2) is 5.11 Å². The second kappa shape index (κ2) is 4.85. The summed E-state index contributed by atoms with van der Waals surface area (Å²) in [5.74, 6) is 0.815. The first-order valence-electron chi connectivity index (χ1n) is 3.91. The molecule has 0 atom stereocenters. The van der Waals surface area contributed by atoms with Gasteiger partial charge in [-0.05, 0) is 30.0 Å². The second-order valence-electron chi connectivity index (χ2n) is 3.22. The molecule has 0 bridgehead atoms. The summed E-state index contributed by atoms with van der Waals surface area (Å²) < 4.78 is 0. The van der Waals surface area contributed by atoms with Gasteiger partial charge in [-0.3, -0.25) is 0 Å². The van der Waals surface area contributed by atoms with Crippen LogP contribution in [-0.2, 0) is 27.7 Å². The zero-order valence-electron chi connectivity index (χ0n) is 7.96. The molecule has 0 saturated carbocycles. The Balaban J connectivity index is 0.00000121. The van der Waals surface area contributed by atoms with Crippen molar-refractivity contribution in [3.63, 3.8) is 0 Å². The summed E-state index contributed by atoms with van der Waals surface area (Å²) in [5.41, 5.74) is 2.13. The van der Waals surface area contributed by atoms with Crippen LogP contribution in [0.15, 0.2) is 18.2 Å². The first kappa shape index (κ1) is 12.0. The Labute approximate surface area is 94.3 Å². The number of benzene rings is 1. The summed E-state index contributed by atoms with van der Waals surface area (Å²) in [6, 6.07) is 5.81. The molecule has 0 aromatic heterocycles. The minimum absolute atomic E-state index is 0. The van der Waals surface area contributed by atoms with E-state index in [-0.39, 0.29) is 27.7 Å². The van der Waals surface area contributed by atoms with Gasteiger partial charge in [-0.25, -0.2) is 0 Å². The van der Waals surface area contributed by atoms with Gasteiger partial charge in [0.2, 0.25) is 0 Å². The largest absolute Gasteiger partial charge is 0.508 e. The number of phenols is 1. The fraction of sp³-hybridized carbons (Fsp3) is 0.400. The maximum atomic E-state index is 9.46. The summed E-state index contributed by atoms with van der Waals surface area (Å²) in [5, 5.41) is 9.46. The number of phenolic OH excluding ortho intramolecular Hbond substituents is 1. The molecule has 0 radical (unpaired) electrons. The normalized spacial score (nSPS) is 9.67. The fourth-order valence-corrected chi connectivity index (χ4v) is 1.14. The van der Waals surface area contributed by atoms with E-state index >= 15 is 0 Å². The van der Waals surface area contributed by atoms with E-state index < -0.39 is 0 Å². The van der Waals surface area contributed by atoms with Crippen LogP contribution in [0.4, 0.5) is 0 Å². The van der Waals surface area contributed by atoms with E-state index in [1.807, 2.05) is 19.1 Å². The van der Waals surface area contributed by atoms with Crippen molar-refractivity contribution in [2.45, 2.75) is 26.7 Å². The quantitative estimate of drug-likeness (QED) is 0.772. The van der Waals surface area contributed by atoms with Crippen molar-refractivity contribution < 1.29 is 32.8 Å². The first-order chi connectivity index (χ1) is 5.11. The van der Waals surface area contributed by atoms with Crippen molar-refractivity contribution in [2.24, 2.45) is 0 Å². The van der Waals surface area contributed by atoms with E-state index in [9.17, 15) is 5.11 Å². The molecular weight excluding hydrogens is 337 g/mol. The van der Waals surface area contributed by atoms with Gasteiger partial charge >= 0.3 is 0 Å². The minimum Gasteiger partial charge on any atom is -0.508 e. The standard InChI is InChI=1S/C10H14O.Hg/c1-7(2)9-5-4-8(3)6-10(9)11;/h4-7,11H,1-3H3;. The second-order valence-corrected chi connectivity index (χ2v) is 3.22. The third-order valence-electron chi connectivity index (χ3n) is 1.81. The number of aryl methyl sites for hydroxylation is 1. The molecule has 0 aliphatic heterocycles. The number of rotatable bonds is 1. The van der Waals surface area contributed by atoms with E-state index in [4.69, 9.17) is 0 Å². The van der Waals surface area contributed by atoms with E-state index in [1.165, 1.54) is 0 Å². The Bertz CT molecular complexity index is 256. The van der Waals surface area contributed by atoms with Gasteiger partial charge in [-0.1, -0.05) is 26.0 Å². The molecule has 12 heavy (non-hydrogen) atoms. The third kappa shape index (κ3) is 2.78. The molecule has 0 spiro atoms. The smallest absolute Gasteiger partial charge is 0.119 e. The maximum absolute atomic E-state index is 9.46. The van der Waals surface area contributed by atoms with Crippen molar-refractivity contribution in [2.75, 3.05) is 0 Å². The zero-order valence-corrected chi connectivity index (χ0v) is 13.5. The Kier molecular flexibility index (Phi) is 4.84. The van der Waals surface area contributed by atoms with Crippen LogP contribution in [0.3, 0.4) is 0 Å². The van der Waals surface area contributed by atoms with Gasteiger partial charge in [-0.2, -0.15) is 0 Å². The van der Waals surface area contributed by atoms with Crippen molar-refractivity contribution >= 4 is 0 Å². The van der Waals surface area contributed by atoms with Gasteiger partial charge in [0, 0.05) is 27.7 Å². The molecule has 62 valence electrons. The molecule has 1 rings (SSSR count). The SMILES string of the molecule is Cc1ccc(C(C)C)c(O)c1.[Hg]. The van der Waals surface area contributed by atoms with Crippen molar-refractivity contribution in [1.82, 2.24) is 0 Å². The molecule has 0 saturated heterocycles. The molecule has 2 heteroatoms. The number of hydrogen-bond donors (Lipinski definition) is 1. The molecule has 0 amide bonds. The topological polar surface area (TPSA) is 20.2 Å². The first-order valence-corrected chi connectivity index (χ1v) is 3.91. The van der Waals surface area contributed by atoms with Crippen molar-refractivity contribution in [3.05, 3.63) is 29.3 Å². The van der Waals surface area contributed by atoms with Crippen LogP contribution in [0.25, 0.3) is 0 Å². The van der Waals surface area contributed by atoms with E-state index in [2.05, 4.69) is 13.8 Å². The van der Waals surface area contributed by atoms with Crippen molar-refractivity contribution in [3.8, 4) is 5.75 Å². The predicted octanol–water partition coefficient (Wildman–Crippen LogP) is 2.82. The number of hydrogen-bond acceptors (Lipinski definition) is 1. The molecule has 1 aromatic rings. The summed E-state index contributed by atoms with van der Waals surface area (Å²) >= 11 is 0. The zero-order chi connectivity index (χ0) is 8.43. The molecule has 1 N–H and O–H groups in total. The molecule has 0 aliphatic carbocycles. The van der Waals surface area contributed by atoms with Crippen LogP contribution in [0.2, 0.25) is 0 Å². The van der Waals surface area contributed by atoms with Gasteiger partial charge in [0.15, 0.2) is 0 Å². The molecule has 1 aromatic carbocycles. The van der Waals surface area contributed by atoms with Crippen LogP contribution in [0.1, 0.15) is 30.9 Å². The molecule has 0 fully saturated rings. The minimum atomic E-state index is 0.